The summed E-state index contributed by atoms with van der Waals surface area (Å²) < 4.78 is 0. The molecule has 6 nitrogen and oxygen atoms in total. The molecule has 0 saturated carbocycles. The number of hydrogen-bond acceptors (Lipinski definition) is 6. The highest BCUT2D eigenvalue weighted by atomic mass is 35.5. The molecule has 0 spiro atoms. The van der Waals surface area contributed by atoms with Crippen molar-refractivity contribution in [3.05, 3.63) is 124 Å². The highest BCUT2D eigenvalue weighted by molar-refractivity contribution is 6.30. The van der Waals surface area contributed by atoms with E-state index >= 15 is 0 Å². The van der Waals surface area contributed by atoms with E-state index in [1.165, 1.54) is 18.2 Å². The van der Waals surface area contributed by atoms with Gasteiger partial charge in [-0.2, -0.15) is 0 Å². The van der Waals surface area contributed by atoms with E-state index in [0.717, 1.165) is 11.4 Å². The zero-order valence-corrected chi connectivity index (χ0v) is 23.6. The first-order valence-electron chi connectivity index (χ1n) is 12.9. The van der Waals surface area contributed by atoms with Crippen LogP contribution < -0.4 is 4.90 Å². The lowest BCUT2D eigenvalue weighted by Crippen LogP contribution is -2.20. The molecule has 1 unspecified atom stereocenters. The van der Waals surface area contributed by atoms with Crippen molar-refractivity contribution < 1.29 is 19.5 Å². The van der Waals surface area contributed by atoms with Gasteiger partial charge in [-0.05, 0) is 59.5 Å². The van der Waals surface area contributed by atoms with Gasteiger partial charge in [0.25, 0.3) is 0 Å². The molecule has 3 aromatic carbocycles. The Kier molecular flexibility index (Phi) is 8.62. The molecule has 0 radical (unpaired) electrons. The number of ketones is 3. The Hall–Kier alpha value is -4.13. The second kappa shape index (κ2) is 11.9. The van der Waals surface area contributed by atoms with Crippen LogP contribution in [0.4, 0.5) is 11.4 Å². The fraction of sp³-hybridized carbons (Fsp3) is 0.212. The molecule has 0 fully saturated rings. The van der Waals surface area contributed by atoms with Crippen LogP contribution in [0.5, 0.6) is 0 Å². The minimum atomic E-state index is -1.48. The lowest BCUT2D eigenvalue weighted by molar-refractivity contribution is 0.0741. The van der Waals surface area contributed by atoms with Gasteiger partial charge in [0.1, 0.15) is 11.8 Å². The number of carbonyl (C=O) groups is 3. The van der Waals surface area contributed by atoms with E-state index in [9.17, 15) is 19.5 Å². The maximum absolute atomic E-state index is 13.5. The fourth-order valence-electron chi connectivity index (χ4n) is 4.32. The number of pyridine rings is 1. The normalized spacial score (nSPS) is 12.1. The van der Waals surface area contributed by atoms with E-state index in [-0.39, 0.29) is 40.0 Å². The smallest absolute Gasteiger partial charge is 0.211 e. The average molecular weight is 555 g/mol. The number of carbonyl (C=O) groups excluding carboxylic acids is 3. The third kappa shape index (κ3) is 6.71. The van der Waals surface area contributed by atoms with Gasteiger partial charge in [0.2, 0.25) is 5.78 Å². The van der Waals surface area contributed by atoms with Crippen LogP contribution in [0.3, 0.4) is 0 Å². The number of aliphatic hydroxyl groups is 1. The van der Waals surface area contributed by atoms with Crippen molar-refractivity contribution in [2.45, 2.75) is 33.3 Å². The predicted octanol–water partition coefficient (Wildman–Crippen LogP) is 7.27. The van der Waals surface area contributed by atoms with E-state index in [1.54, 1.807) is 60.8 Å². The molecule has 1 N–H and O–H groups in total. The van der Waals surface area contributed by atoms with Crippen LogP contribution in [0.2, 0.25) is 5.02 Å². The number of benzene rings is 3. The standard InChI is InChI=1S/C33H31ClN2O4/c1-33(2,3)19-29(37)26-16-10-22(18-27(26)32(40)31(39)21-8-6-5-7-9-21)30(38)28-17-15-25(20-35-28)36(4)24-13-11-23(34)12-14-24/h5-18,20,31,39H,19H2,1-4H3. The van der Waals surface area contributed by atoms with Crippen LogP contribution in [0, 0.1) is 5.41 Å². The minimum absolute atomic E-state index is 0.00976. The molecule has 4 rings (SSSR count). The third-order valence-electron chi connectivity index (χ3n) is 6.48. The number of aromatic nitrogens is 1. The van der Waals surface area contributed by atoms with Gasteiger partial charge in [0, 0.05) is 40.9 Å². The number of hydrogen-bond donors (Lipinski definition) is 1. The monoisotopic (exact) mass is 554 g/mol. The number of rotatable bonds is 9. The van der Waals surface area contributed by atoms with E-state index in [4.69, 9.17) is 11.6 Å². The van der Waals surface area contributed by atoms with Gasteiger partial charge in [0.05, 0.1) is 11.9 Å². The second-order valence-electron chi connectivity index (χ2n) is 10.9. The Balaban J connectivity index is 1.66. The average Bonchev–Trinajstić information content (AvgIpc) is 2.95. The Morgan fingerprint density at radius 1 is 0.875 bits per heavy atom. The number of Topliss-reactive ketones (excluding diaryl/α,β-unsaturated/α-hetero) is 2. The molecule has 1 aromatic heterocycles. The molecule has 1 atom stereocenters. The summed E-state index contributed by atoms with van der Waals surface area (Å²) in [5, 5.41) is 11.5. The first-order chi connectivity index (χ1) is 18.9. The van der Waals surface area contributed by atoms with Crippen LogP contribution in [-0.4, -0.2) is 34.5 Å². The van der Waals surface area contributed by atoms with Crippen LogP contribution in [0.25, 0.3) is 0 Å². The van der Waals surface area contributed by atoms with Crippen molar-refractivity contribution in [2.75, 3.05) is 11.9 Å². The molecule has 0 amide bonds. The maximum atomic E-state index is 13.5. The number of aliphatic hydroxyl groups excluding tert-OH is 1. The molecule has 0 bridgehead atoms. The van der Waals surface area contributed by atoms with E-state index < -0.39 is 17.7 Å². The van der Waals surface area contributed by atoms with E-state index in [0.29, 0.717) is 10.6 Å². The van der Waals surface area contributed by atoms with Crippen molar-refractivity contribution in [3.63, 3.8) is 0 Å². The summed E-state index contributed by atoms with van der Waals surface area (Å²) in [4.78, 5) is 46.4. The second-order valence-corrected chi connectivity index (χ2v) is 11.3. The highest BCUT2D eigenvalue weighted by Crippen LogP contribution is 2.28. The van der Waals surface area contributed by atoms with Crippen molar-refractivity contribution in [3.8, 4) is 0 Å². The Labute approximate surface area is 239 Å². The van der Waals surface area contributed by atoms with Gasteiger partial charge in [-0.15, -0.1) is 0 Å². The number of halogens is 1. The topological polar surface area (TPSA) is 87.6 Å². The molecular formula is C33H31ClN2O4. The summed E-state index contributed by atoms with van der Waals surface area (Å²) in [6, 6.07) is 23.7. The highest BCUT2D eigenvalue weighted by Gasteiger charge is 2.28. The van der Waals surface area contributed by atoms with Crippen molar-refractivity contribution >= 4 is 40.3 Å². The van der Waals surface area contributed by atoms with Crippen molar-refractivity contribution in [1.82, 2.24) is 4.98 Å². The Morgan fingerprint density at radius 2 is 1.52 bits per heavy atom. The minimum Gasteiger partial charge on any atom is -0.380 e. The number of anilines is 2. The Bertz CT molecular complexity index is 1530. The summed E-state index contributed by atoms with van der Waals surface area (Å²) >= 11 is 5.99. The molecule has 0 aliphatic carbocycles. The summed E-state index contributed by atoms with van der Waals surface area (Å²) in [5.41, 5.74) is 2.33. The van der Waals surface area contributed by atoms with E-state index in [1.807, 2.05) is 44.9 Å². The molecule has 0 aliphatic rings. The van der Waals surface area contributed by atoms with Gasteiger partial charge in [0.15, 0.2) is 11.6 Å². The lowest BCUT2D eigenvalue weighted by atomic mass is 9.84. The first kappa shape index (κ1) is 28.9. The molecule has 4 aromatic rings. The molecule has 0 saturated heterocycles. The molecular weight excluding hydrogens is 524 g/mol. The van der Waals surface area contributed by atoms with Crippen LogP contribution in [0.15, 0.2) is 91.1 Å². The molecule has 204 valence electrons. The van der Waals surface area contributed by atoms with E-state index in [2.05, 4.69) is 4.98 Å². The maximum Gasteiger partial charge on any atom is 0.211 e. The van der Waals surface area contributed by atoms with Gasteiger partial charge in [-0.25, -0.2) is 0 Å². The molecule has 40 heavy (non-hydrogen) atoms. The zero-order valence-electron chi connectivity index (χ0n) is 22.9. The lowest BCUT2D eigenvalue weighted by Gasteiger charge is -2.20. The summed E-state index contributed by atoms with van der Waals surface area (Å²) in [6.45, 7) is 5.80. The SMILES string of the molecule is CN(c1ccc(Cl)cc1)c1ccc(C(=O)c2ccc(C(=O)CC(C)(C)C)c(C(=O)C(O)c3ccccc3)c2)nc1. The van der Waals surface area contributed by atoms with Crippen molar-refractivity contribution in [2.24, 2.45) is 5.41 Å². The van der Waals surface area contributed by atoms with Gasteiger partial charge < -0.3 is 10.0 Å². The van der Waals surface area contributed by atoms with Gasteiger partial charge in [-0.1, -0.05) is 68.8 Å². The van der Waals surface area contributed by atoms with Crippen molar-refractivity contribution in [1.29, 1.82) is 0 Å². The molecule has 1 heterocycles. The zero-order chi connectivity index (χ0) is 29.0. The van der Waals surface area contributed by atoms with Gasteiger partial charge in [-0.3, -0.25) is 19.4 Å². The fourth-order valence-corrected chi connectivity index (χ4v) is 4.45. The molecule has 7 heteroatoms. The van der Waals surface area contributed by atoms with Crippen LogP contribution in [-0.2, 0) is 0 Å². The first-order valence-corrected chi connectivity index (χ1v) is 13.3. The Morgan fingerprint density at radius 3 is 2.12 bits per heavy atom. The summed E-state index contributed by atoms with van der Waals surface area (Å²) in [5.74, 6) is -1.28. The number of nitrogens with zero attached hydrogens (tertiary/aromatic N) is 2. The summed E-state index contributed by atoms with van der Waals surface area (Å²) in [7, 11) is 1.88. The third-order valence-corrected chi connectivity index (χ3v) is 6.74. The predicted molar refractivity (Wildman–Crippen MR) is 158 cm³/mol. The van der Waals surface area contributed by atoms with Crippen LogP contribution in [0.1, 0.15) is 75.6 Å². The molecule has 0 aliphatic heterocycles. The van der Waals surface area contributed by atoms with Crippen LogP contribution >= 0.6 is 11.6 Å². The van der Waals surface area contributed by atoms with Gasteiger partial charge >= 0.3 is 0 Å². The largest absolute Gasteiger partial charge is 0.380 e. The quantitative estimate of drug-likeness (QED) is 0.219. The summed E-state index contributed by atoms with van der Waals surface area (Å²) in [6.07, 6.45) is 0.314.